The van der Waals surface area contributed by atoms with E-state index in [9.17, 15) is 14.7 Å². The van der Waals surface area contributed by atoms with Crippen molar-refractivity contribution in [3.05, 3.63) is 0 Å². The molecule has 0 spiro atoms. The molecular weight excluding hydrogens is 671 g/mol. The molecule has 0 bridgehead atoms. The summed E-state index contributed by atoms with van der Waals surface area (Å²) in [6, 6.07) is 0. The molecule has 0 aromatic rings. The van der Waals surface area contributed by atoms with E-state index in [4.69, 9.17) is 9.47 Å². The van der Waals surface area contributed by atoms with Gasteiger partial charge in [-0.05, 0) is 90.1 Å². The van der Waals surface area contributed by atoms with Gasteiger partial charge in [0.1, 0.15) is 12.2 Å². The van der Waals surface area contributed by atoms with Gasteiger partial charge in [0.05, 0.1) is 6.61 Å². The molecule has 54 heavy (non-hydrogen) atoms. The summed E-state index contributed by atoms with van der Waals surface area (Å²) in [6.45, 7) is 12.0. The Labute approximate surface area is 337 Å². The number of carbonyl (C=O) groups excluding carboxylic acids is 2. The van der Waals surface area contributed by atoms with E-state index in [1.807, 2.05) is 0 Å². The van der Waals surface area contributed by atoms with Crippen LogP contribution in [-0.2, 0) is 19.1 Å². The van der Waals surface area contributed by atoms with E-state index in [2.05, 4.69) is 32.6 Å². The maximum atomic E-state index is 12.7. The van der Waals surface area contributed by atoms with Crippen molar-refractivity contribution in [1.82, 2.24) is 4.90 Å². The number of hydrogen-bond donors (Lipinski definition) is 1. The second kappa shape index (κ2) is 43.0. The van der Waals surface area contributed by atoms with Gasteiger partial charge in [0, 0.05) is 19.4 Å². The Morgan fingerprint density at radius 3 is 1.00 bits per heavy atom. The number of esters is 2. The first kappa shape index (κ1) is 52.9. The maximum Gasteiger partial charge on any atom is 0.306 e. The van der Waals surface area contributed by atoms with E-state index in [0.717, 1.165) is 96.7 Å². The van der Waals surface area contributed by atoms with Gasteiger partial charge in [-0.1, -0.05) is 169 Å². The second-order valence-corrected chi connectivity index (χ2v) is 16.6. The molecule has 0 aromatic heterocycles. The molecule has 0 rings (SSSR count). The molecule has 0 amide bonds. The normalized spacial score (nSPS) is 11.7. The lowest BCUT2D eigenvalue weighted by atomic mass is 10.0. The van der Waals surface area contributed by atoms with Crippen molar-refractivity contribution in [3.63, 3.8) is 0 Å². The molecule has 322 valence electrons. The minimum Gasteiger partial charge on any atom is -0.462 e. The van der Waals surface area contributed by atoms with Gasteiger partial charge >= 0.3 is 11.9 Å². The van der Waals surface area contributed by atoms with Gasteiger partial charge in [-0.25, -0.2) is 0 Å². The number of carbonyl (C=O) groups is 2. The first-order valence-corrected chi connectivity index (χ1v) is 24.2. The van der Waals surface area contributed by atoms with Crippen LogP contribution in [0.4, 0.5) is 0 Å². The van der Waals surface area contributed by atoms with Crippen LogP contribution >= 0.6 is 0 Å². The first-order valence-electron chi connectivity index (χ1n) is 24.2. The molecule has 0 radical (unpaired) electrons. The third-order valence-corrected chi connectivity index (χ3v) is 11.2. The molecule has 0 aromatic carbocycles. The van der Waals surface area contributed by atoms with Crippen LogP contribution in [0.2, 0.25) is 0 Å². The summed E-state index contributed by atoms with van der Waals surface area (Å²) in [4.78, 5) is 27.7. The number of hydrogen-bond acceptors (Lipinski definition) is 6. The Balaban J connectivity index is 4.15. The molecule has 0 unspecified atom stereocenters. The molecule has 0 aliphatic rings. The zero-order valence-corrected chi connectivity index (χ0v) is 37.0. The van der Waals surface area contributed by atoms with Crippen LogP contribution in [0.1, 0.15) is 259 Å². The lowest BCUT2D eigenvalue weighted by molar-refractivity contribution is -0.151. The standard InChI is InChI=1S/C48H95NO5/c1-5-9-13-17-21-29-37-46(38-30-22-18-14-10-6-2)54-48(52)40-32-24-20-26-34-42-49(43-44-50)41-33-25-19-23-31-39-47(51)53-45(35-27-15-11-7-3)36-28-16-12-8-4/h45-46,50H,5-44H2,1-4H3. The van der Waals surface area contributed by atoms with Gasteiger partial charge in [-0.3, -0.25) is 9.59 Å². The number of nitrogens with zero attached hydrogens (tertiary/aromatic N) is 1. The molecular formula is C48H95NO5. The molecule has 0 heterocycles. The summed E-state index contributed by atoms with van der Waals surface area (Å²) in [5.41, 5.74) is 0. The quantitative estimate of drug-likeness (QED) is 0.0492. The summed E-state index contributed by atoms with van der Waals surface area (Å²) < 4.78 is 12.0. The van der Waals surface area contributed by atoms with Crippen LogP contribution in [0.5, 0.6) is 0 Å². The van der Waals surface area contributed by atoms with Crippen molar-refractivity contribution >= 4 is 11.9 Å². The molecule has 0 atom stereocenters. The predicted octanol–water partition coefficient (Wildman–Crippen LogP) is 14.2. The predicted molar refractivity (Wildman–Crippen MR) is 232 cm³/mol. The average Bonchev–Trinajstić information content (AvgIpc) is 3.16. The minimum atomic E-state index is 0.00582. The highest BCUT2D eigenvalue weighted by Gasteiger charge is 2.16. The van der Waals surface area contributed by atoms with E-state index >= 15 is 0 Å². The Morgan fingerprint density at radius 1 is 0.389 bits per heavy atom. The number of aliphatic hydroxyl groups is 1. The Hall–Kier alpha value is -1.14. The fourth-order valence-corrected chi connectivity index (χ4v) is 7.66. The number of unbranched alkanes of at least 4 members (excludes halogenated alkanes) is 24. The molecule has 0 saturated heterocycles. The lowest BCUT2D eigenvalue weighted by Gasteiger charge is -2.21. The van der Waals surface area contributed by atoms with Crippen LogP contribution in [0.25, 0.3) is 0 Å². The lowest BCUT2D eigenvalue weighted by Crippen LogP contribution is -2.29. The van der Waals surface area contributed by atoms with Crippen molar-refractivity contribution in [2.75, 3.05) is 26.2 Å². The van der Waals surface area contributed by atoms with E-state index in [1.165, 1.54) is 141 Å². The van der Waals surface area contributed by atoms with Gasteiger partial charge in [0.2, 0.25) is 0 Å². The zero-order valence-electron chi connectivity index (χ0n) is 37.0. The number of ether oxygens (including phenoxy) is 2. The van der Waals surface area contributed by atoms with Gasteiger partial charge < -0.3 is 19.5 Å². The number of rotatable bonds is 44. The van der Waals surface area contributed by atoms with Gasteiger partial charge in [0.25, 0.3) is 0 Å². The van der Waals surface area contributed by atoms with Gasteiger partial charge in [-0.2, -0.15) is 0 Å². The van der Waals surface area contributed by atoms with E-state index in [1.54, 1.807) is 0 Å². The minimum absolute atomic E-state index is 0.00582. The fourth-order valence-electron chi connectivity index (χ4n) is 7.66. The molecule has 0 aliphatic carbocycles. The highest BCUT2D eigenvalue weighted by Crippen LogP contribution is 2.20. The Kier molecular flexibility index (Phi) is 42.1. The van der Waals surface area contributed by atoms with Crippen molar-refractivity contribution in [3.8, 4) is 0 Å². The monoisotopic (exact) mass is 766 g/mol. The number of aliphatic hydroxyl groups excluding tert-OH is 1. The van der Waals surface area contributed by atoms with Crippen molar-refractivity contribution in [2.24, 2.45) is 0 Å². The third kappa shape index (κ3) is 37.8. The van der Waals surface area contributed by atoms with Crippen LogP contribution in [0, 0.1) is 0 Å². The average molecular weight is 766 g/mol. The Morgan fingerprint density at radius 2 is 0.667 bits per heavy atom. The Bertz CT molecular complexity index is 748. The van der Waals surface area contributed by atoms with Crippen LogP contribution in [-0.4, -0.2) is 60.4 Å². The van der Waals surface area contributed by atoms with Crippen molar-refractivity contribution < 1.29 is 24.2 Å². The molecule has 1 N–H and O–H groups in total. The smallest absolute Gasteiger partial charge is 0.306 e. The molecule has 6 heteroatoms. The van der Waals surface area contributed by atoms with Crippen molar-refractivity contribution in [1.29, 1.82) is 0 Å². The van der Waals surface area contributed by atoms with Gasteiger partial charge in [0.15, 0.2) is 0 Å². The molecule has 0 saturated carbocycles. The fraction of sp³-hybridized carbons (Fsp3) is 0.958. The molecule has 0 fully saturated rings. The van der Waals surface area contributed by atoms with Gasteiger partial charge in [-0.15, -0.1) is 0 Å². The third-order valence-electron chi connectivity index (χ3n) is 11.2. The van der Waals surface area contributed by atoms with E-state index in [-0.39, 0.29) is 30.8 Å². The van der Waals surface area contributed by atoms with E-state index in [0.29, 0.717) is 12.8 Å². The first-order chi connectivity index (χ1) is 26.5. The summed E-state index contributed by atoms with van der Waals surface area (Å²) in [6.07, 6.45) is 41.7. The zero-order chi connectivity index (χ0) is 39.6. The van der Waals surface area contributed by atoms with Crippen LogP contribution in [0.15, 0.2) is 0 Å². The molecule has 0 aliphatic heterocycles. The largest absolute Gasteiger partial charge is 0.462 e. The van der Waals surface area contributed by atoms with E-state index < -0.39 is 0 Å². The summed E-state index contributed by atoms with van der Waals surface area (Å²) >= 11 is 0. The maximum absolute atomic E-state index is 12.7. The molecule has 6 nitrogen and oxygen atoms in total. The summed E-state index contributed by atoms with van der Waals surface area (Å²) in [7, 11) is 0. The highest BCUT2D eigenvalue weighted by atomic mass is 16.5. The SMILES string of the molecule is CCCCCCCCC(CCCCCCCC)OC(=O)CCCCCCCN(CCO)CCCCCCCC(=O)OC(CCCCCC)CCCCCC. The topological polar surface area (TPSA) is 76.1 Å². The van der Waals surface area contributed by atoms with Crippen molar-refractivity contribution in [2.45, 2.75) is 271 Å². The van der Waals surface area contributed by atoms with Crippen LogP contribution < -0.4 is 0 Å². The second-order valence-electron chi connectivity index (χ2n) is 16.6. The van der Waals surface area contributed by atoms with Crippen LogP contribution in [0.3, 0.4) is 0 Å². The summed E-state index contributed by atoms with van der Waals surface area (Å²) in [5.74, 6) is 0.0206. The summed E-state index contributed by atoms with van der Waals surface area (Å²) in [5, 5.41) is 9.61. The highest BCUT2D eigenvalue weighted by molar-refractivity contribution is 5.69.